The number of anilines is 1. The van der Waals surface area contributed by atoms with Gasteiger partial charge in [-0.05, 0) is 36.2 Å². The van der Waals surface area contributed by atoms with Gasteiger partial charge in [0, 0.05) is 36.8 Å². The number of carbonyl (C=O) groups excluding carboxylic acids is 1. The monoisotopic (exact) mass is 416 g/mol. The van der Waals surface area contributed by atoms with Gasteiger partial charge < -0.3 is 10.2 Å². The number of rotatable bonds is 6. The third-order valence-corrected chi connectivity index (χ3v) is 5.26. The molecule has 1 fully saturated rings. The van der Waals surface area contributed by atoms with E-state index in [1.54, 1.807) is 0 Å². The van der Waals surface area contributed by atoms with Crippen LogP contribution in [0.15, 0.2) is 53.1 Å². The van der Waals surface area contributed by atoms with Crippen LogP contribution in [0.5, 0.6) is 0 Å². The largest absolute Gasteiger partial charge is 0.354 e. The molecular formula is C20H25BrN4O. The first kappa shape index (κ1) is 18.9. The van der Waals surface area contributed by atoms with E-state index in [9.17, 15) is 4.79 Å². The second kappa shape index (κ2) is 9.14. The summed E-state index contributed by atoms with van der Waals surface area (Å²) >= 11 is 3.45. The molecule has 1 aliphatic heterocycles. The summed E-state index contributed by atoms with van der Waals surface area (Å²) in [7, 11) is 0. The lowest BCUT2D eigenvalue weighted by Gasteiger charge is -2.35. The van der Waals surface area contributed by atoms with Gasteiger partial charge >= 0.3 is 0 Å². The molecule has 138 valence electrons. The number of halogens is 1. The first-order chi connectivity index (χ1) is 12.7. The van der Waals surface area contributed by atoms with Crippen LogP contribution in [0.25, 0.3) is 0 Å². The quantitative estimate of drug-likeness (QED) is 0.784. The fourth-order valence-corrected chi connectivity index (χ4v) is 3.50. The maximum Gasteiger partial charge on any atom is 0.234 e. The Balaban J connectivity index is 1.48. The maximum atomic E-state index is 12.5. The lowest BCUT2D eigenvalue weighted by atomic mass is 10.0. The van der Waals surface area contributed by atoms with Gasteiger partial charge in [0.15, 0.2) is 0 Å². The fraction of sp³-hybridized carbons (Fsp3) is 0.400. The molecule has 1 saturated heterocycles. The Labute approximate surface area is 163 Å². The molecule has 0 unspecified atom stereocenters. The second-order valence-electron chi connectivity index (χ2n) is 6.53. The Bertz CT molecular complexity index is 700. The summed E-state index contributed by atoms with van der Waals surface area (Å²) in [5, 5.41) is 3.17. The average molecular weight is 417 g/mol. The van der Waals surface area contributed by atoms with E-state index < -0.39 is 0 Å². The minimum atomic E-state index is 0.0606. The lowest BCUT2D eigenvalue weighted by Crippen LogP contribution is -2.50. The predicted octanol–water partition coefficient (Wildman–Crippen LogP) is 3.23. The molecule has 1 aromatic carbocycles. The topological polar surface area (TPSA) is 48.5 Å². The van der Waals surface area contributed by atoms with Crippen LogP contribution in [0, 0.1) is 0 Å². The Morgan fingerprint density at radius 1 is 1.15 bits per heavy atom. The van der Waals surface area contributed by atoms with E-state index in [-0.39, 0.29) is 11.9 Å². The molecule has 6 heteroatoms. The van der Waals surface area contributed by atoms with Crippen molar-refractivity contribution in [2.45, 2.75) is 19.4 Å². The van der Waals surface area contributed by atoms with Crippen molar-refractivity contribution < 1.29 is 4.79 Å². The zero-order valence-electron chi connectivity index (χ0n) is 15.1. The molecule has 0 radical (unpaired) electrons. The second-order valence-corrected chi connectivity index (χ2v) is 7.45. The zero-order valence-corrected chi connectivity index (χ0v) is 16.7. The third-order valence-electron chi connectivity index (χ3n) is 4.73. The maximum absolute atomic E-state index is 12.5. The highest BCUT2D eigenvalue weighted by molar-refractivity contribution is 9.10. The third kappa shape index (κ3) is 5.05. The number of carbonyl (C=O) groups is 1. The first-order valence-corrected chi connectivity index (χ1v) is 9.88. The molecule has 1 amide bonds. The van der Waals surface area contributed by atoms with Crippen molar-refractivity contribution in [1.29, 1.82) is 0 Å². The van der Waals surface area contributed by atoms with Crippen molar-refractivity contribution in [3.63, 3.8) is 0 Å². The summed E-state index contributed by atoms with van der Waals surface area (Å²) in [6.45, 7) is 6.09. The SMILES string of the molecule is CC[C@H](NC(=O)CN1CCN(c2ccccn2)CC1)c1ccc(Br)cc1. The van der Waals surface area contributed by atoms with Crippen LogP contribution in [0.3, 0.4) is 0 Å². The Kier molecular flexibility index (Phi) is 6.63. The van der Waals surface area contributed by atoms with Crippen LogP contribution in [-0.4, -0.2) is 48.5 Å². The number of hydrogen-bond donors (Lipinski definition) is 1. The van der Waals surface area contributed by atoms with Crippen LogP contribution in [-0.2, 0) is 4.79 Å². The van der Waals surface area contributed by atoms with Crippen molar-refractivity contribution in [2.75, 3.05) is 37.6 Å². The number of nitrogens with zero attached hydrogens (tertiary/aromatic N) is 3. The number of amides is 1. The van der Waals surface area contributed by atoms with E-state index in [1.165, 1.54) is 0 Å². The molecule has 2 heterocycles. The first-order valence-electron chi connectivity index (χ1n) is 9.09. The van der Waals surface area contributed by atoms with Gasteiger partial charge in [0.2, 0.25) is 5.91 Å². The van der Waals surface area contributed by atoms with Gasteiger partial charge in [-0.1, -0.05) is 41.1 Å². The molecule has 2 aromatic rings. The van der Waals surface area contributed by atoms with Gasteiger partial charge in [-0.15, -0.1) is 0 Å². The number of aromatic nitrogens is 1. The molecule has 0 aliphatic carbocycles. The molecule has 26 heavy (non-hydrogen) atoms. The summed E-state index contributed by atoms with van der Waals surface area (Å²) in [6, 6.07) is 14.2. The predicted molar refractivity (Wildman–Crippen MR) is 108 cm³/mol. The number of nitrogens with one attached hydrogen (secondary N) is 1. The van der Waals surface area contributed by atoms with Gasteiger partial charge in [0.25, 0.3) is 0 Å². The van der Waals surface area contributed by atoms with E-state index >= 15 is 0 Å². The average Bonchev–Trinajstić information content (AvgIpc) is 2.68. The van der Waals surface area contributed by atoms with Crippen molar-refractivity contribution in [3.8, 4) is 0 Å². The van der Waals surface area contributed by atoms with Crippen LogP contribution in [0.4, 0.5) is 5.82 Å². The molecule has 1 N–H and O–H groups in total. The van der Waals surface area contributed by atoms with Crippen molar-refractivity contribution in [3.05, 3.63) is 58.7 Å². The van der Waals surface area contributed by atoms with Crippen molar-refractivity contribution >= 4 is 27.7 Å². The van der Waals surface area contributed by atoms with E-state index in [0.717, 1.165) is 48.5 Å². The highest BCUT2D eigenvalue weighted by atomic mass is 79.9. The number of benzene rings is 1. The number of piperazine rings is 1. The summed E-state index contributed by atoms with van der Waals surface area (Å²) in [5.41, 5.74) is 1.14. The molecule has 0 bridgehead atoms. The van der Waals surface area contributed by atoms with E-state index in [2.05, 4.69) is 55.1 Å². The van der Waals surface area contributed by atoms with Gasteiger partial charge in [-0.25, -0.2) is 4.98 Å². The van der Waals surface area contributed by atoms with Crippen molar-refractivity contribution in [2.24, 2.45) is 0 Å². The van der Waals surface area contributed by atoms with Gasteiger partial charge in [0.05, 0.1) is 12.6 Å². The van der Waals surface area contributed by atoms with Crippen LogP contribution in [0.2, 0.25) is 0 Å². The van der Waals surface area contributed by atoms with E-state index in [4.69, 9.17) is 0 Å². The van der Waals surface area contributed by atoms with Gasteiger partial charge in [0.1, 0.15) is 5.82 Å². The number of hydrogen-bond acceptors (Lipinski definition) is 4. The molecule has 0 spiro atoms. The fourth-order valence-electron chi connectivity index (χ4n) is 3.24. The summed E-state index contributed by atoms with van der Waals surface area (Å²) in [6.07, 6.45) is 2.70. The van der Waals surface area contributed by atoms with Gasteiger partial charge in [-0.2, -0.15) is 0 Å². The van der Waals surface area contributed by atoms with Crippen LogP contribution in [0.1, 0.15) is 24.9 Å². The lowest BCUT2D eigenvalue weighted by molar-refractivity contribution is -0.123. The Morgan fingerprint density at radius 3 is 2.50 bits per heavy atom. The smallest absolute Gasteiger partial charge is 0.234 e. The Hall–Kier alpha value is -1.92. The molecule has 1 atom stereocenters. The molecule has 3 rings (SSSR count). The molecule has 0 saturated carbocycles. The zero-order chi connectivity index (χ0) is 18.4. The highest BCUT2D eigenvalue weighted by Gasteiger charge is 2.21. The molecular weight excluding hydrogens is 392 g/mol. The van der Waals surface area contributed by atoms with E-state index in [0.29, 0.717) is 6.54 Å². The summed E-state index contributed by atoms with van der Waals surface area (Å²) < 4.78 is 1.05. The number of pyridine rings is 1. The summed E-state index contributed by atoms with van der Waals surface area (Å²) in [5.74, 6) is 1.10. The van der Waals surface area contributed by atoms with Crippen LogP contribution < -0.4 is 10.2 Å². The van der Waals surface area contributed by atoms with Crippen molar-refractivity contribution in [1.82, 2.24) is 15.2 Å². The Morgan fingerprint density at radius 2 is 1.88 bits per heavy atom. The molecule has 5 nitrogen and oxygen atoms in total. The molecule has 1 aromatic heterocycles. The molecule has 1 aliphatic rings. The minimum Gasteiger partial charge on any atom is -0.354 e. The normalized spacial score (nSPS) is 16.3. The van der Waals surface area contributed by atoms with Crippen LogP contribution >= 0.6 is 15.9 Å². The van der Waals surface area contributed by atoms with Gasteiger partial charge in [-0.3, -0.25) is 9.69 Å². The van der Waals surface area contributed by atoms with E-state index in [1.807, 2.05) is 36.5 Å². The highest BCUT2D eigenvalue weighted by Crippen LogP contribution is 2.19. The standard InChI is InChI=1S/C20H25BrN4O/c1-2-18(16-6-8-17(21)9-7-16)23-20(26)15-24-11-13-25(14-12-24)19-5-3-4-10-22-19/h3-10,18H,2,11-15H2,1H3,(H,23,26)/t18-/m0/s1. The minimum absolute atomic E-state index is 0.0606. The summed E-state index contributed by atoms with van der Waals surface area (Å²) in [4.78, 5) is 21.4.